The molecule has 2 aromatic carbocycles. The smallest absolute Gasteiger partial charge is 0.231 e. The zero-order valence-corrected chi connectivity index (χ0v) is 17.6. The van der Waals surface area contributed by atoms with Crippen molar-refractivity contribution >= 4 is 17.7 Å². The van der Waals surface area contributed by atoms with Crippen LogP contribution in [-0.2, 0) is 11.3 Å². The van der Waals surface area contributed by atoms with Crippen LogP contribution in [-0.4, -0.2) is 30.5 Å². The van der Waals surface area contributed by atoms with Crippen LogP contribution in [0.25, 0.3) is 11.3 Å². The second-order valence-corrected chi connectivity index (χ2v) is 7.61. The number of methoxy groups -OCH3 is 1. The van der Waals surface area contributed by atoms with Gasteiger partial charge in [0, 0.05) is 12.1 Å². The fraction of sp³-hybridized carbons (Fsp3) is 0.174. The first-order valence-electron chi connectivity index (χ1n) is 9.50. The molecule has 1 aromatic heterocycles. The predicted octanol–water partition coefficient (Wildman–Crippen LogP) is 3.77. The van der Waals surface area contributed by atoms with Gasteiger partial charge in [0.1, 0.15) is 16.8 Å². The summed E-state index contributed by atoms with van der Waals surface area (Å²) in [7, 11) is 1.61. The van der Waals surface area contributed by atoms with E-state index < -0.39 is 0 Å². The van der Waals surface area contributed by atoms with Crippen LogP contribution in [0.1, 0.15) is 11.1 Å². The largest absolute Gasteiger partial charge is 0.497 e. The van der Waals surface area contributed by atoms with Crippen LogP contribution < -0.4 is 19.5 Å². The van der Waals surface area contributed by atoms with Crippen molar-refractivity contribution in [2.24, 2.45) is 0 Å². The Morgan fingerprint density at radius 3 is 2.90 bits per heavy atom. The fourth-order valence-electron chi connectivity index (χ4n) is 3.02. The molecule has 1 aliphatic heterocycles. The van der Waals surface area contributed by atoms with Gasteiger partial charge in [-0.2, -0.15) is 5.26 Å². The van der Waals surface area contributed by atoms with Crippen molar-refractivity contribution in [2.45, 2.75) is 11.6 Å². The highest BCUT2D eigenvalue weighted by Crippen LogP contribution is 2.32. The van der Waals surface area contributed by atoms with Crippen molar-refractivity contribution in [3.05, 3.63) is 65.7 Å². The molecule has 0 spiro atoms. The highest BCUT2D eigenvalue weighted by Gasteiger charge is 2.14. The maximum absolute atomic E-state index is 12.3. The van der Waals surface area contributed by atoms with Gasteiger partial charge in [-0.1, -0.05) is 30.0 Å². The van der Waals surface area contributed by atoms with E-state index in [1.807, 2.05) is 42.5 Å². The molecule has 8 heteroatoms. The molecule has 0 aliphatic carbocycles. The van der Waals surface area contributed by atoms with E-state index in [1.54, 1.807) is 19.2 Å². The molecule has 2 heterocycles. The summed E-state index contributed by atoms with van der Waals surface area (Å²) >= 11 is 1.23. The summed E-state index contributed by atoms with van der Waals surface area (Å²) < 4.78 is 15.9. The molecule has 1 aliphatic rings. The van der Waals surface area contributed by atoms with E-state index in [9.17, 15) is 10.1 Å². The fourth-order valence-corrected chi connectivity index (χ4v) is 3.82. The average Bonchev–Trinajstić information content (AvgIpc) is 3.29. The number of carbonyl (C=O) groups excluding carboxylic acids is 1. The quantitative estimate of drug-likeness (QED) is 0.567. The first-order chi connectivity index (χ1) is 15.2. The Morgan fingerprint density at radius 1 is 1.19 bits per heavy atom. The van der Waals surface area contributed by atoms with Crippen LogP contribution >= 0.6 is 11.8 Å². The summed E-state index contributed by atoms with van der Waals surface area (Å²) in [4.78, 5) is 16.9. The molecule has 156 valence electrons. The zero-order chi connectivity index (χ0) is 21.6. The molecule has 0 saturated heterocycles. The van der Waals surface area contributed by atoms with E-state index in [-0.39, 0.29) is 18.5 Å². The van der Waals surface area contributed by atoms with Gasteiger partial charge in [0.25, 0.3) is 0 Å². The number of aromatic nitrogens is 1. The first-order valence-corrected chi connectivity index (χ1v) is 10.5. The summed E-state index contributed by atoms with van der Waals surface area (Å²) in [6, 6.07) is 18.7. The van der Waals surface area contributed by atoms with Crippen LogP contribution in [0.2, 0.25) is 0 Å². The molecular weight excluding hydrogens is 414 g/mol. The number of fused-ring (bicyclic) bond motifs is 1. The summed E-state index contributed by atoms with van der Waals surface area (Å²) in [5.41, 5.74) is 2.93. The van der Waals surface area contributed by atoms with E-state index >= 15 is 0 Å². The first kappa shape index (κ1) is 20.6. The van der Waals surface area contributed by atoms with Crippen LogP contribution in [0, 0.1) is 11.3 Å². The number of nitrogens with one attached hydrogen (secondary N) is 1. The molecule has 0 saturated carbocycles. The second kappa shape index (κ2) is 9.41. The molecule has 0 atom stereocenters. The molecule has 4 rings (SSSR count). The van der Waals surface area contributed by atoms with Crippen LogP contribution in [0.3, 0.4) is 0 Å². The van der Waals surface area contributed by atoms with E-state index in [1.165, 1.54) is 11.8 Å². The molecule has 0 radical (unpaired) electrons. The van der Waals surface area contributed by atoms with E-state index in [0.717, 1.165) is 16.9 Å². The third-order valence-corrected chi connectivity index (χ3v) is 5.60. The van der Waals surface area contributed by atoms with Gasteiger partial charge in [-0.3, -0.25) is 4.79 Å². The second-order valence-electron chi connectivity index (χ2n) is 6.65. The molecule has 31 heavy (non-hydrogen) atoms. The van der Waals surface area contributed by atoms with Gasteiger partial charge >= 0.3 is 0 Å². The number of amides is 1. The standard InChI is InChI=1S/C23H19N3O4S/c1-28-18-4-2-3-16(10-18)19-7-6-17(11-24)23(26-19)31-13-22(27)25-12-15-5-8-20-21(9-15)30-14-29-20/h2-10H,12-14H2,1H3,(H,25,27). The Balaban J connectivity index is 1.40. The maximum atomic E-state index is 12.3. The number of nitrogens with zero attached hydrogens (tertiary/aromatic N) is 2. The number of hydrogen-bond donors (Lipinski definition) is 1. The lowest BCUT2D eigenvalue weighted by atomic mass is 10.1. The lowest BCUT2D eigenvalue weighted by molar-refractivity contribution is -0.118. The normalized spacial score (nSPS) is 11.6. The van der Waals surface area contributed by atoms with Gasteiger partial charge in [0.05, 0.1) is 24.1 Å². The maximum Gasteiger partial charge on any atom is 0.231 e. The lowest BCUT2D eigenvalue weighted by Gasteiger charge is -2.09. The van der Waals surface area contributed by atoms with E-state index in [4.69, 9.17) is 14.2 Å². The number of nitriles is 1. The van der Waals surface area contributed by atoms with Crippen molar-refractivity contribution in [3.8, 4) is 34.6 Å². The number of carbonyl (C=O) groups is 1. The minimum absolute atomic E-state index is 0.147. The molecule has 7 nitrogen and oxygen atoms in total. The topological polar surface area (TPSA) is 93.5 Å². The summed E-state index contributed by atoms with van der Waals surface area (Å²) in [6.07, 6.45) is 0. The molecule has 0 fully saturated rings. The lowest BCUT2D eigenvalue weighted by Crippen LogP contribution is -2.24. The van der Waals surface area contributed by atoms with Crippen LogP contribution in [0.4, 0.5) is 0 Å². The van der Waals surface area contributed by atoms with Gasteiger partial charge in [0.2, 0.25) is 12.7 Å². The number of ether oxygens (including phenoxy) is 3. The summed E-state index contributed by atoms with van der Waals surface area (Å²) in [6.45, 7) is 0.587. The number of benzene rings is 2. The highest BCUT2D eigenvalue weighted by atomic mass is 32.2. The van der Waals surface area contributed by atoms with Gasteiger partial charge < -0.3 is 19.5 Å². The Bertz CT molecular complexity index is 1160. The van der Waals surface area contributed by atoms with E-state index in [0.29, 0.717) is 34.3 Å². The third-order valence-electron chi connectivity index (χ3n) is 4.61. The van der Waals surface area contributed by atoms with Gasteiger partial charge in [-0.25, -0.2) is 4.98 Å². The molecule has 0 bridgehead atoms. The van der Waals surface area contributed by atoms with Crippen molar-refractivity contribution in [1.29, 1.82) is 5.26 Å². The number of rotatable bonds is 7. The van der Waals surface area contributed by atoms with Gasteiger partial charge in [-0.05, 0) is 42.0 Å². The van der Waals surface area contributed by atoms with Crippen molar-refractivity contribution in [3.63, 3.8) is 0 Å². The molecule has 0 unspecified atom stereocenters. The zero-order valence-electron chi connectivity index (χ0n) is 16.8. The number of pyridine rings is 1. The van der Waals surface area contributed by atoms with E-state index in [2.05, 4.69) is 16.4 Å². The Morgan fingerprint density at radius 2 is 2.06 bits per heavy atom. The highest BCUT2D eigenvalue weighted by molar-refractivity contribution is 8.00. The number of hydrogen-bond acceptors (Lipinski definition) is 7. The average molecular weight is 433 g/mol. The van der Waals surface area contributed by atoms with Crippen LogP contribution in [0.5, 0.6) is 17.2 Å². The van der Waals surface area contributed by atoms with Gasteiger partial charge in [0.15, 0.2) is 11.5 Å². The SMILES string of the molecule is COc1cccc(-c2ccc(C#N)c(SCC(=O)NCc3ccc4c(c3)OCO4)n2)c1. The molecule has 1 amide bonds. The van der Waals surface area contributed by atoms with Gasteiger partial charge in [-0.15, -0.1) is 0 Å². The third kappa shape index (κ3) is 4.90. The molecule has 3 aromatic rings. The Labute approximate surface area is 184 Å². The van der Waals surface area contributed by atoms with Crippen molar-refractivity contribution < 1.29 is 19.0 Å². The Kier molecular flexibility index (Phi) is 6.24. The van der Waals surface area contributed by atoms with Crippen molar-refractivity contribution in [2.75, 3.05) is 19.7 Å². The summed E-state index contributed by atoms with van der Waals surface area (Å²) in [5, 5.41) is 12.8. The minimum atomic E-state index is -0.153. The van der Waals surface area contributed by atoms with Crippen molar-refractivity contribution in [1.82, 2.24) is 10.3 Å². The monoisotopic (exact) mass is 433 g/mol. The Hall–Kier alpha value is -3.70. The molecule has 1 N–H and O–H groups in total. The van der Waals surface area contributed by atoms with Crippen LogP contribution in [0.15, 0.2) is 59.6 Å². The number of thioether (sulfide) groups is 1. The minimum Gasteiger partial charge on any atom is -0.497 e. The predicted molar refractivity (Wildman–Crippen MR) is 116 cm³/mol. The summed E-state index contributed by atoms with van der Waals surface area (Å²) in [5.74, 6) is 2.10. The molecular formula is C23H19N3O4S.